The van der Waals surface area contributed by atoms with E-state index in [0.717, 1.165) is 5.56 Å². The fourth-order valence-electron chi connectivity index (χ4n) is 2.47. The second-order valence-corrected chi connectivity index (χ2v) is 6.51. The van der Waals surface area contributed by atoms with Crippen LogP contribution in [-0.4, -0.2) is 5.11 Å². The fraction of sp³-hybridized carbons (Fsp3) is 0.625. The molecular formula is C16H24O. The SMILES string of the molecule is CC(C)(C)C(C)(O)c1ccc2c(c1)CCCC2. The van der Waals surface area contributed by atoms with Gasteiger partial charge in [-0.05, 0) is 54.7 Å². The smallest absolute Gasteiger partial charge is 0.0916 e. The highest BCUT2D eigenvalue weighted by Gasteiger charge is 2.37. The van der Waals surface area contributed by atoms with Crippen LogP contribution in [-0.2, 0) is 18.4 Å². The van der Waals surface area contributed by atoms with Crippen molar-refractivity contribution in [3.63, 3.8) is 0 Å². The first kappa shape index (κ1) is 12.6. The summed E-state index contributed by atoms with van der Waals surface area (Å²) in [6, 6.07) is 6.54. The minimum Gasteiger partial charge on any atom is -0.385 e. The number of benzene rings is 1. The van der Waals surface area contributed by atoms with E-state index in [1.165, 1.54) is 36.8 Å². The van der Waals surface area contributed by atoms with Crippen LogP contribution in [0.25, 0.3) is 0 Å². The third-order valence-corrected chi connectivity index (χ3v) is 4.37. The Hall–Kier alpha value is -0.820. The molecule has 0 saturated carbocycles. The Kier molecular flexibility index (Phi) is 3.07. The molecule has 17 heavy (non-hydrogen) atoms. The Balaban J connectivity index is 2.40. The van der Waals surface area contributed by atoms with Gasteiger partial charge in [0.05, 0.1) is 5.60 Å². The summed E-state index contributed by atoms with van der Waals surface area (Å²) in [6.45, 7) is 8.20. The molecule has 1 atom stereocenters. The largest absolute Gasteiger partial charge is 0.385 e. The maximum absolute atomic E-state index is 10.7. The van der Waals surface area contributed by atoms with E-state index in [1.54, 1.807) is 0 Å². The standard InChI is InChI=1S/C16H24O/c1-15(2,3)16(4,17)14-10-9-12-7-5-6-8-13(12)11-14/h9-11,17H,5-8H2,1-4H3. The van der Waals surface area contributed by atoms with E-state index < -0.39 is 5.60 Å². The highest BCUT2D eigenvalue weighted by molar-refractivity contribution is 5.36. The number of aryl methyl sites for hydroxylation is 2. The van der Waals surface area contributed by atoms with Gasteiger partial charge in [0.15, 0.2) is 0 Å². The van der Waals surface area contributed by atoms with Crippen LogP contribution < -0.4 is 0 Å². The molecule has 0 bridgehead atoms. The van der Waals surface area contributed by atoms with Crippen LogP contribution in [0.15, 0.2) is 18.2 Å². The van der Waals surface area contributed by atoms with Gasteiger partial charge >= 0.3 is 0 Å². The summed E-state index contributed by atoms with van der Waals surface area (Å²) in [5.41, 5.74) is 3.07. The molecule has 0 fully saturated rings. The van der Waals surface area contributed by atoms with Crippen LogP contribution in [0.5, 0.6) is 0 Å². The minimum absolute atomic E-state index is 0.143. The molecular weight excluding hydrogens is 208 g/mol. The normalized spacial score (nSPS) is 19.6. The van der Waals surface area contributed by atoms with Crippen LogP contribution in [0.3, 0.4) is 0 Å². The summed E-state index contributed by atoms with van der Waals surface area (Å²) in [5.74, 6) is 0. The van der Waals surface area contributed by atoms with Crippen LogP contribution in [0.2, 0.25) is 0 Å². The zero-order chi connectivity index (χ0) is 12.7. The number of rotatable bonds is 1. The maximum Gasteiger partial charge on any atom is 0.0916 e. The van der Waals surface area contributed by atoms with Crippen molar-refractivity contribution in [2.45, 2.75) is 59.0 Å². The van der Waals surface area contributed by atoms with Crippen LogP contribution in [0.4, 0.5) is 0 Å². The molecule has 0 saturated heterocycles. The van der Waals surface area contributed by atoms with Gasteiger partial charge in [-0.2, -0.15) is 0 Å². The van der Waals surface area contributed by atoms with Gasteiger partial charge in [0.1, 0.15) is 0 Å². The van der Waals surface area contributed by atoms with E-state index in [1.807, 2.05) is 6.92 Å². The minimum atomic E-state index is -0.764. The molecule has 1 aromatic rings. The van der Waals surface area contributed by atoms with Crippen LogP contribution >= 0.6 is 0 Å². The Morgan fingerprint density at radius 2 is 1.53 bits per heavy atom. The van der Waals surface area contributed by atoms with E-state index in [-0.39, 0.29) is 5.41 Å². The van der Waals surface area contributed by atoms with Gasteiger partial charge in [-0.15, -0.1) is 0 Å². The first-order chi connectivity index (χ1) is 7.82. The molecule has 1 N–H and O–H groups in total. The molecule has 0 spiro atoms. The molecule has 1 aliphatic rings. The number of fused-ring (bicyclic) bond motifs is 1. The number of aliphatic hydroxyl groups is 1. The molecule has 2 rings (SSSR count). The monoisotopic (exact) mass is 232 g/mol. The summed E-state index contributed by atoms with van der Waals surface area (Å²) in [6.07, 6.45) is 4.97. The van der Waals surface area contributed by atoms with Crippen LogP contribution in [0, 0.1) is 5.41 Å². The molecule has 94 valence electrons. The zero-order valence-corrected chi connectivity index (χ0v) is 11.5. The lowest BCUT2D eigenvalue weighted by Crippen LogP contribution is -2.37. The highest BCUT2D eigenvalue weighted by Crippen LogP contribution is 2.39. The molecule has 0 aromatic heterocycles. The lowest BCUT2D eigenvalue weighted by Gasteiger charge is -2.38. The van der Waals surface area contributed by atoms with Gasteiger partial charge in [-0.1, -0.05) is 39.0 Å². The van der Waals surface area contributed by atoms with E-state index >= 15 is 0 Å². The van der Waals surface area contributed by atoms with Crippen molar-refractivity contribution in [1.82, 2.24) is 0 Å². The van der Waals surface area contributed by atoms with Crippen molar-refractivity contribution >= 4 is 0 Å². The lowest BCUT2D eigenvalue weighted by atomic mass is 9.72. The molecule has 0 radical (unpaired) electrons. The van der Waals surface area contributed by atoms with E-state index in [9.17, 15) is 5.11 Å². The fourth-order valence-corrected chi connectivity index (χ4v) is 2.47. The zero-order valence-electron chi connectivity index (χ0n) is 11.5. The number of hydrogen-bond donors (Lipinski definition) is 1. The van der Waals surface area contributed by atoms with Crippen molar-refractivity contribution in [1.29, 1.82) is 0 Å². The molecule has 1 unspecified atom stereocenters. The van der Waals surface area contributed by atoms with Gasteiger partial charge in [-0.3, -0.25) is 0 Å². The second-order valence-electron chi connectivity index (χ2n) is 6.51. The van der Waals surface area contributed by atoms with E-state index in [2.05, 4.69) is 39.0 Å². The average Bonchev–Trinajstić information content (AvgIpc) is 2.27. The van der Waals surface area contributed by atoms with Crippen LogP contribution in [0.1, 0.15) is 57.2 Å². The summed E-state index contributed by atoms with van der Waals surface area (Å²) < 4.78 is 0. The predicted molar refractivity (Wildman–Crippen MR) is 72.1 cm³/mol. The first-order valence-electron chi connectivity index (χ1n) is 6.67. The van der Waals surface area contributed by atoms with Gasteiger partial charge in [0.25, 0.3) is 0 Å². The van der Waals surface area contributed by atoms with Gasteiger partial charge < -0.3 is 5.11 Å². The summed E-state index contributed by atoms with van der Waals surface area (Å²) >= 11 is 0. The Labute approximate surface area is 105 Å². The predicted octanol–water partition coefficient (Wildman–Crippen LogP) is 3.82. The molecule has 0 aliphatic heterocycles. The Morgan fingerprint density at radius 3 is 2.12 bits per heavy atom. The maximum atomic E-state index is 10.7. The molecule has 0 heterocycles. The third kappa shape index (κ3) is 2.26. The summed E-state index contributed by atoms with van der Waals surface area (Å²) in [4.78, 5) is 0. The second kappa shape index (κ2) is 4.13. The van der Waals surface area contributed by atoms with E-state index in [4.69, 9.17) is 0 Å². The average molecular weight is 232 g/mol. The third-order valence-electron chi connectivity index (χ3n) is 4.37. The molecule has 0 amide bonds. The van der Waals surface area contributed by atoms with Crippen molar-refractivity contribution in [3.8, 4) is 0 Å². The number of hydrogen-bond acceptors (Lipinski definition) is 1. The quantitative estimate of drug-likeness (QED) is 0.780. The molecule has 1 aliphatic carbocycles. The first-order valence-corrected chi connectivity index (χ1v) is 6.67. The molecule has 1 heteroatoms. The molecule has 1 aromatic carbocycles. The van der Waals surface area contributed by atoms with Gasteiger partial charge in [-0.25, -0.2) is 0 Å². The van der Waals surface area contributed by atoms with Gasteiger partial charge in [0.2, 0.25) is 0 Å². The Bertz CT molecular complexity index is 410. The highest BCUT2D eigenvalue weighted by atomic mass is 16.3. The van der Waals surface area contributed by atoms with Crippen molar-refractivity contribution in [3.05, 3.63) is 34.9 Å². The summed E-state index contributed by atoms with van der Waals surface area (Å²) in [5, 5.41) is 10.7. The summed E-state index contributed by atoms with van der Waals surface area (Å²) in [7, 11) is 0. The molecule has 1 nitrogen and oxygen atoms in total. The van der Waals surface area contributed by atoms with Crippen molar-refractivity contribution in [2.75, 3.05) is 0 Å². The Morgan fingerprint density at radius 1 is 0.941 bits per heavy atom. The van der Waals surface area contributed by atoms with Crippen molar-refractivity contribution < 1.29 is 5.11 Å². The van der Waals surface area contributed by atoms with Gasteiger partial charge in [0, 0.05) is 0 Å². The topological polar surface area (TPSA) is 20.2 Å². The van der Waals surface area contributed by atoms with E-state index in [0.29, 0.717) is 0 Å². The van der Waals surface area contributed by atoms with Crippen molar-refractivity contribution in [2.24, 2.45) is 5.41 Å². The lowest BCUT2D eigenvalue weighted by molar-refractivity contribution is -0.0470.